The SMILES string of the molecule is Cc1ccccc1Sc1ccc(Br)cc1CNC(C)C. The van der Waals surface area contributed by atoms with Crippen molar-refractivity contribution in [2.75, 3.05) is 0 Å². The number of hydrogen-bond donors (Lipinski definition) is 1. The molecule has 0 fully saturated rings. The lowest BCUT2D eigenvalue weighted by atomic mass is 10.2. The van der Waals surface area contributed by atoms with Gasteiger partial charge in [-0.2, -0.15) is 0 Å². The van der Waals surface area contributed by atoms with E-state index in [4.69, 9.17) is 0 Å². The molecule has 0 aliphatic carbocycles. The first kappa shape index (κ1) is 15.6. The van der Waals surface area contributed by atoms with Gasteiger partial charge in [-0.3, -0.25) is 0 Å². The van der Waals surface area contributed by atoms with Crippen molar-refractivity contribution in [2.45, 2.75) is 43.1 Å². The third kappa shape index (κ3) is 4.37. The van der Waals surface area contributed by atoms with Gasteiger partial charge in [0.25, 0.3) is 0 Å². The molecule has 0 aliphatic rings. The Morgan fingerprint density at radius 1 is 1.10 bits per heavy atom. The van der Waals surface area contributed by atoms with E-state index in [2.05, 4.69) is 84.5 Å². The first-order valence-corrected chi connectivity index (χ1v) is 8.42. The van der Waals surface area contributed by atoms with Gasteiger partial charge in [-0.25, -0.2) is 0 Å². The maximum absolute atomic E-state index is 3.57. The van der Waals surface area contributed by atoms with E-state index in [1.807, 2.05) is 11.8 Å². The molecule has 0 aliphatic heterocycles. The van der Waals surface area contributed by atoms with Crippen LogP contribution in [-0.4, -0.2) is 6.04 Å². The van der Waals surface area contributed by atoms with Gasteiger partial charge in [-0.05, 0) is 42.3 Å². The van der Waals surface area contributed by atoms with Crippen molar-refractivity contribution in [2.24, 2.45) is 0 Å². The van der Waals surface area contributed by atoms with E-state index in [-0.39, 0.29) is 0 Å². The average molecular weight is 350 g/mol. The van der Waals surface area contributed by atoms with Crippen molar-refractivity contribution in [3.05, 3.63) is 58.1 Å². The number of halogens is 1. The molecule has 0 saturated heterocycles. The van der Waals surface area contributed by atoms with E-state index >= 15 is 0 Å². The van der Waals surface area contributed by atoms with Gasteiger partial charge in [-0.15, -0.1) is 0 Å². The molecule has 1 N–H and O–H groups in total. The molecule has 2 aromatic rings. The van der Waals surface area contributed by atoms with E-state index in [0.29, 0.717) is 6.04 Å². The third-order valence-electron chi connectivity index (χ3n) is 3.04. The summed E-state index contributed by atoms with van der Waals surface area (Å²) in [6.45, 7) is 7.40. The molecule has 0 aromatic heterocycles. The molecule has 0 atom stereocenters. The van der Waals surface area contributed by atoms with Gasteiger partial charge < -0.3 is 5.32 Å². The van der Waals surface area contributed by atoms with E-state index in [0.717, 1.165) is 11.0 Å². The molecular weight excluding hydrogens is 330 g/mol. The van der Waals surface area contributed by atoms with Crippen LogP contribution in [0.3, 0.4) is 0 Å². The molecule has 0 bridgehead atoms. The lowest BCUT2D eigenvalue weighted by molar-refractivity contribution is 0.584. The second kappa shape index (κ2) is 7.30. The number of hydrogen-bond acceptors (Lipinski definition) is 2. The summed E-state index contributed by atoms with van der Waals surface area (Å²) < 4.78 is 1.13. The minimum Gasteiger partial charge on any atom is -0.310 e. The summed E-state index contributed by atoms with van der Waals surface area (Å²) in [6, 6.07) is 15.5. The van der Waals surface area contributed by atoms with Crippen molar-refractivity contribution in [3.63, 3.8) is 0 Å². The zero-order valence-corrected chi connectivity index (χ0v) is 14.5. The topological polar surface area (TPSA) is 12.0 Å². The van der Waals surface area contributed by atoms with E-state index in [1.165, 1.54) is 20.9 Å². The molecule has 0 heterocycles. The summed E-state index contributed by atoms with van der Waals surface area (Å²) in [5.74, 6) is 0. The number of rotatable bonds is 5. The highest BCUT2D eigenvalue weighted by Gasteiger charge is 2.07. The Labute approximate surface area is 134 Å². The maximum atomic E-state index is 3.57. The van der Waals surface area contributed by atoms with Gasteiger partial charge >= 0.3 is 0 Å². The Kier molecular flexibility index (Phi) is 5.70. The molecule has 106 valence electrons. The van der Waals surface area contributed by atoms with E-state index in [1.54, 1.807) is 0 Å². The molecule has 20 heavy (non-hydrogen) atoms. The largest absolute Gasteiger partial charge is 0.310 e. The molecule has 0 amide bonds. The van der Waals surface area contributed by atoms with Crippen LogP contribution in [0.15, 0.2) is 56.7 Å². The Morgan fingerprint density at radius 3 is 2.55 bits per heavy atom. The highest BCUT2D eigenvalue weighted by atomic mass is 79.9. The van der Waals surface area contributed by atoms with Crippen molar-refractivity contribution in [1.29, 1.82) is 0 Å². The van der Waals surface area contributed by atoms with Crippen molar-refractivity contribution in [1.82, 2.24) is 5.32 Å². The second-order valence-electron chi connectivity index (χ2n) is 5.16. The van der Waals surface area contributed by atoms with Crippen LogP contribution in [0, 0.1) is 6.92 Å². The smallest absolute Gasteiger partial charge is 0.0219 e. The first-order chi connectivity index (χ1) is 9.56. The van der Waals surface area contributed by atoms with Gasteiger partial charge in [0.05, 0.1) is 0 Å². The van der Waals surface area contributed by atoms with Crippen LogP contribution < -0.4 is 5.32 Å². The lowest BCUT2D eigenvalue weighted by Gasteiger charge is -2.14. The van der Waals surface area contributed by atoms with Gasteiger partial charge in [0.1, 0.15) is 0 Å². The second-order valence-corrected chi connectivity index (χ2v) is 7.15. The van der Waals surface area contributed by atoms with Crippen LogP contribution >= 0.6 is 27.7 Å². The molecule has 0 spiro atoms. The maximum Gasteiger partial charge on any atom is 0.0219 e. The summed E-state index contributed by atoms with van der Waals surface area (Å²) in [5, 5.41) is 3.50. The molecule has 0 saturated carbocycles. The van der Waals surface area contributed by atoms with Gasteiger partial charge in [-0.1, -0.05) is 59.7 Å². The van der Waals surface area contributed by atoms with Crippen molar-refractivity contribution in [3.8, 4) is 0 Å². The molecule has 3 heteroatoms. The van der Waals surface area contributed by atoms with Gasteiger partial charge in [0, 0.05) is 26.9 Å². The van der Waals surface area contributed by atoms with Crippen LogP contribution in [0.2, 0.25) is 0 Å². The minimum atomic E-state index is 0.491. The molecular formula is C17H20BrNS. The summed E-state index contributed by atoms with van der Waals surface area (Å²) >= 11 is 5.41. The monoisotopic (exact) mass is 349 g/mol. The van der Waals surface area contributed by atoms with Crippen molar-refractivity contribution < 1.29 is 0 Å². The molecule has 0 unspecified atom stereocenters. The summed E-state index contributed by atoms with van der Waals surface area (Å²) in [7, 11) is 0. The van der Waals surface area contributed by atoms with Gasteiger partial charge in [0.2, 0.25) is 0 Å². The quantitative estimate of drug-likeness (QED) is 0.774. The fourth-order valence-corrected chi connectivity index (χ4v) is 3.31. The van der Waals surface area contributed by atoms with Crippen LogP contribution in [0.5, 0.6) is 0 Å². The summed E-state index contributed by atoms with van der Waals surface area (Å²) in [6.07, 6.45) is 0. The molecule has 1 nitrogen and oxygen atoms in total. The average Bonchev–Trinajstić information content (AvgIpc) is 2.41. The summed E-state index contributed by atoms with van der Waals surface area (Å²) in [4.78, 5) is 2.64. The minimum absolute atomic E-state index is 0.491. The highest BCUT2D eigenvalue weighted by Crippen LogP contribution is 2.33. The molecule has 0 radical (unpaired) electrons. The fraction of sp³-hybridized carbons (Fsp3) is 0.294. The van der Waals surface area contributed by atoms with Crippen LogP contribution in [0.1, 0.15) is 25.0 Å². The molecule has 2 rings (SSSR count). The zero-order chi connectivity index (χ0) is 14.5. The van der Waals surface area contributed by atoms with Crippen LogP contribution in [0.4, 0.5) is 0 Å². The Hall–Kier alpha value is -0.770. The predicted octanol–water partition coefficient (Wildman–Crippen LogP) is 5.41. The number of nitrogens with one attached hydrogen (secondary N) is 1. The first-order valence-electron chi connectivity index (χ1n) is 6.81. The predicted molar refractivity (Wildman–Crippen MR) is 91.4 cm³/mol. The zero-order valence-electron chi connectivity index (χ0n) is 12.1. The third-order valence-corrected chi connectivity index (χ3v) is 4.83. The van der Waals surface area contributed by atoms with E-state index < -0.39 is 0 Å². The summed E-state index contributed by atoms with van der Waals surface area (Å²) in [5.41, 5.74) is 2.66. The number of benzene rings is 2. The Bertz CT molecular complexity index is 581. The Balaban J connectivity index is 2.24. The number of aryl methyl sites for hydroxylation is 1. The van der Waals surface area contributed by atoms with Gasteiger partial charge in [0.15, 0.2) is 0 Å². The lowest BCUT2D eigenvalue weighted by Crippen LogP contribution is -2.22. The normalized spacial score (nSPS) is 11.1. The van der Waals surface area contributed by atoms with Crippen LogP contribution in [-0.2, 0) is 6.54 Å². The van der Waals surface area contributed by atoms with E-state index in [9.17, 15) is 0 Å². The van der Waals surface area contributed by atoms with Crippen molar-refractivity contribution >= 4 is 27.7 Å². The fourth-order valence-electron chi connectivity index (χ4n) is 1.89. The Morgan fingerprint density at radius 2 is 1.85 bits per heavy atom. The van der Waals surface area contributed by atoms with Crippen LogP contribution in [0.25, 0.3) is 0 Å². The highest BCUT2D eigenvalue weighted by molar-refractivity contribution is 9.10. The standard InChI is InChI=1S/C17H20BrNS/c1-12(2)19-11-14-10-15(18)8-9-17(14)20-16-7-5-4-6-13(16)3/h4-10,12,19H,11H2,1-3H3. The molecule has 2 aromatic carbocycles.